The maximum Gasteiger partial charge on any atom is 0.262 e. The van der Waals surface area contributed by atoms with Crippen molar-refractivity contribution in [2.75, 3.05) is 18.5 Å². The van der Waals surface area contributed by atoms with Crippen molar-refractivity contribution in [3.05, 3.63) is 52.6 Å². The first-order valence-electron chi connectivity index (χ1n) is 10.1. The summed E-state index contributed by atoms with van der Waals surface area (Å²) in [5.41, 5.74) is 3.68. The number of amides is 1. The molecule has 1 aliphatic heterocycles. The number of nitrogens with one attached hydrogen (secondary N) is 1. The molecular weight excluding hydrogens is 398 g/mol. The molecule has 156 valence electrons. The van der Waals surface area contributed by atoms with Gasteiger partial charge in [0.05, 0.1) is 23.7 Å². The standard InChI is InChI=1S/C23H25N3O3S/c1-4-28-18-8-6-17(7-9-18)24-23-26(12-15(2)3)20(14-30-23)16-5-10-21-19(11-16)25-22(27)13-29-21/h5-11,14-15H,4,12-13H2,1-3H3,(H,25,27). The molecule has 0 atom stereocenters. The molecule has 1 aromatic heterocycles. The molecule has 6 nitrogen and oxygen atoms in total. The third-order valence-electron chi connectivity index (χ3n) is 4.63. The molecule has 1 amide bonds. The second-order valence-electron chi connectivity index (χ2n) is 7.49. The molecule has 0 aliphatic carbocycles. The number of ether oxygens (including phenoxy) is 2. The van der Waals surface area contributed by atoms with Gasteiger partial charge in [-0.3, -0.25) is 4.79 Å². The van der Waals surface area contributed by atoms with E-state index in [0.29, 0.717) is 24.0 Å². The Labute approximate surface area is 179 Å². The maximum absolute atomic E-state index is 11.7. The zero-order valence-electron chi connectivity index (χ0n) is 17.3. The summed E-state index contributed by atoms with van der Waals surface area (Å²) >= 11 is 1.61. The first-order chi connectivity index (χ1) is 14.5. The lowest BCUT2D eigenvalue weighted by Crippen LogP contribution is -2.25. The minimum absolute atomic E-state index is 0.0588. The van der Waals surface area contributed by atoms with Gasteiger partial charge in [0.2, 0.25) is 0 Å². The lowest BCUT2D eigenvalue weighted by molar-refractivity contribution is -0.118. The monoisotopic (exact) mass is 423 g/mol. The van der Waals surface area contributed by atoms with Crippen LogP contribution in [-0.2, 0) is 11.3 Å². The largest absolute Gasteiger partial charge is 0.494 e. The van der Waals surface area contributed by atoms with Crippen LogP contribution in [0.15, 0.2) is 52.8 Å². The number of hydrogen-bond donors (Lipinski definition) is 1. The topological polar surface area (TPSA) is 64.8 Å². The van der Waals surface area contributed by atoms with Crippen LogP contribution < -0.4 is 19.6 Å². The number of fused-ring (bicyclic) bond motifs is 1. The molecule has 1 aliphatic rings. The number of rotatable bonds is 6. The van der Waals surface area contributed by atoms with Gasteiger partial charge in [-0.15, -0.1) is 11.3 Å². The Morgan fingerprint density at radius 2 is 2.03 bits per heavy atom. The summed E-state index contributed by atoms with van der Waals surface area (Å²) in [6.07, 6.45) is 0. The highest BCUT2D eigenvalue weighted by Gasteiger charge is 2.18. The van der Waals surface area contributed by atoms with Crippen molar-refractivity contribution in [3.8, 4) is 22.8 Å². The van der Waals surface area contributed by atoms with Gasteiger partial charge in [0.15, 0.2) is 11.4 Å². The van der Waals surface area contributed by atoms with Crippen LogP contribution in [0.1, 0.15) is 20.8 Å². The van der Waals surface area contributed by atoms with Gasteiger partial charge in [0, 0.05) is 17.5 Å². The van der Waals surface area contributed by atoms with Crippen molar-refractivity contribution in [1.29, 1.82) is 0 Å². The van der Waals surface area contributed by atoms with Crippen molar-refractivity contribution in [1.82, 2.24) is 4.57 Å². The number of hydrogen-bond acceptors (Lipinski definition) is 5. The first-order valence-corrected chi connectivity index (χ1v) is 10.9. The number of aromatic nitrogens is 1. The van der Waals surface area contributed by atoms with Gasteiger partial charge in [0.25, 0.3) is 5.91 Å². The Morgan fingerprint density at radius 3 is 2.77 bits per heavy atom. The van der Waals surface area contributed by atoms with Gasteiger partial charge < -0.3 is 19.4 Å². The zero-order chi connectivity index (χ0) is 21.1. The van der Waals surface area contributed by atoms with Crippen LogP contribution in [-0.4, -0.2) is 23.7 Å². The van der Waals surface area contributed by atoms with Crippen LogP contribution in [0.4, 0.5) is 11.4 Å². The first kappa shape index (κ1) is 20.2. The predicted molar refractivity (Wildman–Crippen MR) is 120 cm³/mol. The minimum atomic E-state index is -0.133. The summed E-state index contributed by atoms with van der Waals surface area (Å²) in [6.45, 7) is 7.90. The number of carbonyl (C=O) groups excluding carboxylic acids is 1. The zero-order valence-corrected chi connectivity index (χ0v) is 18.2. The maximum atomic E-state index is 11.7. The van der Waals surface area contributed by atoms with Crippen LogP contribution in [0.2, 0.25) is 0 Å². The molecule has 2 aromatic carbocycles. The molecule has 0 bridgehead atoms. The molecule has 4 rings (SSSR count). The van der Waals surface area contributed by atoms with E-state index in [1.165, 1.54) is 0 Å². The van der Waals surface area contributed by atoms with Crippen molar-refractivity contribution < 1.29 is 14.3 Å². The Hall–Kier alpha value is -3.06. The predicted octanol–water partition coefficient (Wildman–Crippen LogP) is 4.83. The second-order valence-corrected chi connectivity index (χ2v) is 8.33. The molecule has 0 radical (unpaired) electrons. The van der Waals surface area contributed by atoms with E-state index in [2.05, 4.69) is 29.1 Å². The van der Waals surface area contributed by atoms with E-state index in [4.69, 9.17) is 14.5 Å². The van der Waals surface area contributed by atoms with E-state index in [9.17, 15) is 4.79 Å². The SMILES string of the molecule is CCOc1ccc(N=c2scc(-c3ccc4c(c3)NC(=O)CO4)n2CC(C)C)cc1. The molecule has 30 heavy (non-hydrogen) atoms. The van der Waals surface area contributed by atoms with Crippen LogP contribution >= 0.6 is 11.3 Å². The van der Waals surface area contributed by atoms with Crippen molar-refractivity contribution in [2.24, 2.45) is 10.9 Å². The highest BCUT2D eigenvalue weighted by Crippen LogP contribution is 2.33. The lowest BCUT2D eigenvalue weighted by atomic mass is 10.1. The summed E-state index contributed by atoms with van der Waals surface area (Å²) in [6, 6.07) is 13.7. The summed E-state index contributed by atoms with van der Waals surface area (Å²) in [5.74, 6) is 1.87. The van der Waals surface area contributed by atoms with Crippen molar-refractivity contribution in [2.45, 2.75) is 27.3 Å². The van der Waals surface area contributed by atoms with E-state index in [0.717, 1.165) is 34.0 Å². The van der Waals surface area contributed by atoms with E-state index >= 15 is 0 Å². The minimum Gasteiger partial charge on any atom is -0.494 e. The van der Waals surface area contributed by atoms with Gasteiger partial charge in [-0.05, 0) is 55.3 Å². The molecule has 7 heteroatoms. The molecule has 0 saturated carbocycles. The van der Waals surface area contributed by atoms with Crippen molar-refractivity contribution in [3.63, 3.8) is 0 Å². The van der Waals surface area contributed by atoms with Gasteiger partial charge >= 0.3 is 0 Å². The number of benzene rings is 2. The van der Waals surface area contributed by atoms with Crippen LogP contribution in [0.25, 0.3) is 11.3 Å². The molecule has 2 heterocycles. The van der Waals surface area contributed by atoms with Crippen LogP contribution in [0, 0.1) is 5.92 Å². The third-order valence-corrected chi connectivity index (χ3v) is 5.49. The van der Waals surface area contributed by atoms with E-state index in [-0.39, 0.29) is 12.5 Å². The molecule has 0 spiro atoms. The Balaban J connectivity index is 1.74. The van der Waals surface area contributed by atoms with Gasteiger partial charge in [0.1, 0.15) is 11.5 Å². The Bertz CT molecular complexity index is 1110. The summed E-state index contributed by atoms with van der Waals surface area (Å²) in [7, 11) is 0. The molecular formula is C23H25N3O3S. The molecule has 3 aromatic rings. The van der Waals surface area contributed by atoms with Gasteiger partial charge in [-0.1, -0.05) is 13.8 Å². The quantitative estimate of drug-likeness (QED) is 0.617. The fourth-order valence-electron chi connectivity index (χ4n) is 3.33. The summed E-state index contributed by atoms with van der Waals surface area (Å²) in [4.78, 5) is 17.5. The van der Waals surface area contributed by atoms with Crippen molar-refractivity contribution >= 4 is 28.6 Å². The molecule has 0 unspecified atom stereocenters. The second kappa shape index (κ2) is 8.75. The fraction of sp³-hybridized carbons (Fsp3) is 0.304. The Kier molecular flexibility index (Phi) is 5.90. The molecule has 0 saturated heterocycles. The van der Waals surface area contributed by atoms with E-state index in [1.807, 2.05) is 49.4 Å². The highest BCUT2D eigenvalue weighted by molar-refractivity contribution is 7.07. The highest BCUT2D eigenvalue weighted by atomic mass is 32.1. The number of anilines is 1. The third kappa shape index (κ3) is 4.41. The average Bonchev–Trinajstić information content (AvgIpc) is 3.10. The average molecular weight is 424 g/mol. The van der Waals surface area contributed by atoms with Gasteiger partial charge in [-0.25, -0.2) is 4.99 Å². The number of thiazole rings is 1. The van der Waals surface area contributed by atoms with E-state index < -0.39 is 0 Å². The van der Waals surface area contributed by atoms with E-state index in [1.54, 1.807) is 11.3 Å². The Morgan fingerprint density at radius 1 is 1.23 bits per heavy atom. The normalized spacial score (nSPS) is 13.7. The molecule has 1 N–H and O–H groups in total. The smallest absolute Gasteiger partial charge is 0.262 e. The van der Waals surface area contributed by atoms with Crippen LogP contribution in [0.3, 0.4) is 0 Å². The number of carbonyl (C=O) groups is 1. The summed E-state index contributed by atoms with van der Waals surface area (Å²) < 4.78 is 13.2. The summed E-state index contributed by atoms with van der Waals surface area (Å²) in [5, 5.41) is 5.00. The number of nitrogens with zero attached hydrogens (tertiary/aromatic N) is 2. The lowest BCUT2D eigenvalue weighted by Gasteiger charge is -2.19. The molecule has 0 fully saturated rings. The van der Waals surface area contributed by atoms with Gasteiger partial charge in [-0.2, -0.15) is 0 Å². The van der Waals surface area contributed by atoms with Crippen LogP contribution in [0.5, 0.6) is 11.5 Å². The fourth-order valence-corrected chi connectivity index (χ4v) is 4.27.